The van der Waals surface area contributed by atoms with Gasteiger partial charge in [-0.25, -0.2) is 0 Å². The molecular formula is C48H93NO5. The number of hydrogen-bond donors (Lipinski definition) is 3. The number of rotatable bonds is 43. The Bertz CT molecular complexity index is 817. The predicted octanol–water partition coefficient (Wildman–Crippen LogP) is 13.8. The Morgan fingerprint density at radius 3 is 1.33 bits per heavy atom. The third-order valence-corrected chi connectivity index (χ3v) is 11.1. The molecule has 320 valence electrons. The summed E-state index contributed by atoms with van der Waals surface area (Å²) < 4.78 is 5.91. The first kappa shape index (κ1) is 52.6. The summed E-state index contributed by atoms with van der Waals surface area (Å²) in [6.07, 6.45) is 45.5. The van der Waals surface area contributed by atoms with Crippen LogP contribution in [0.1, 0.15) is 258 Å². The summed E-state index contributed by atoms with van der Waals surface area (Å²) in [5, 5.41) is 23.6. The number of ether oxygens (including phenoxy) is 1. The van der Waals surface area contributed by atoms with Crippen molar-refractivity contribution in [1.29, 1.82) is 0 Å². The zero-order valence-corrected chi connectivity index (χ0v) is 36.4. The normalized spacial score (nSPS) is 13.4. The largest absolute Gasteiger partial charge is 0.462 e. The van der Waals surface area contributed by atoms with Crippen LogP contribution >= 0.6 is 0 Å². The highest BCUT2D eigenvalue weighted by atomic mass is 16.5. The molecule has 3 N–H and O–H groups in total. The van der Waals surface area contributed by atoms with Crippen molar-refractivity contribution in [2.75, 3.05) is 6.61 Å². The van der Waals surface area contributed by atoms with E-state index in [-0.39, 0.29) is 24.9 Å². The zero-order valence-electron chi connectivity index (χ0n) is 36.4. The zero-order chi connectivity index (χ0) is 39.6. The number of carbonyl (C=O) groups is 2. The van der Waals surface area contributed by atoms with E-state index < -0.39 is 18.2 Å². The topological polar surface area (TPSA) is 95.9 Å². The highest BCUT2D eigenvalue weighted by molar-refractivity contribution is 5.77. The second-order valence-electron chi connectivity index (χ2n) is 16.5. The van der Waals surface area contributed by atoms with Crippen LogP contribution in [0.15, 0.2) is 12.2 Å². The van der Waals surface area contributed by atoms with Crippen LogP contribution in [0.4, 0.5) is 0 Å². The summed E-state index contributed by atoms with van der Waals surface area (Å²) in [5.41, 5.74) is 0. The first-order valence-electron chi connectivity index (χ1n) is 23.9. The van der Waals surface area contributed by atoms with E-state index in [1.807, 2.05) is 0 Å². The lowest BCUT2D eigenvalue weighted by atomic mass is 10.0. The average molecular weight is 764 g/mol. The van der Waals surface area contributed by atoms with Crippen molar-refractivity contribution in [2.24, 2.45) is 0 Å². The SMILES string of the molecule is CCCCCC/C=C\CCCCCCCCCC(=O)OC(CCCCCCCCCCCCC)CC(=O)NC(CO)C(O)CCCCCCCCCCC. The highest BCUT2D eigenvalue weighted by Crippen LogP contribution is 2.18. The van der Waals surface area contributed by atoms with E-state index in [1.54, 1.807) is 0 Å². The van der Waals surface area contributed by atoms with Crippen LogP contribution in [-0.4, -0.2) is 46.9 Å². The molecule has 0 saturated heterocycles. The van der Waals surface area contributed by atoms with Crippen LogP contribution in [0.25, 0.3) is 0 Å². The van der Waals surface area contributed by atoms with Crippen molar-refractivity contribution in [3.8, 4) is 0 Å². The Hall–Kier alpha value is -1.40. The van der Waals surface area contributed by atoms with Crippen LogP contribution in [0.2, 0.25) is 0 Å². The van der Waals surface area contributed by atoms with E-state index in [1.165, 1.54) is 167 Å². The van der Waals surface area contributed by atoms with Crippen molar-refractivity contribution in [2.45, 2.75) is 277 Å². The van der Waals surface area contributed by atoms with Gasteiger partial charge in [-0.1, -0.05) is 206 Å². The fourth-order valence-electron chi connectivity index (χ4n) is 7.43. The predicted molar refractivity (Wildman–Crippen MR) is 232 cm³/mol. The van der Waals surface area contributed by atoms with Gasteiger partial charge in [-0.3, -0.25) is 9.59 Å². The number of allylic oxidation sites excluding steroid dienone is 2. The standard InChI is InChI=1S/C48H93NO5/c1-4-7-10-13-16-19-21-22-23-24-26-29-32-35-38-41-48(53)54-44(39-36-33-30-28-25-20-17-14-11-8-5-2)42-47(52)49-45(43-50)46(51)40-37-34-31-27-18-15-12-9-6-3/h19,21,44-46,50-51H,4-18,20,22-43H2,1-3H3,(H,49,52)/b21-19-. The van der Waals surface area contributed by atoms with Gasteiger partial charge in [0.2, 0.25) is 5.91 Å². The van der Waals surface area contributed by atoms with E-state index in [2.05, 4.69) is 38.2 Å². The smallest absolute Gasteiger partial charge is 0.306 e. The Kier molecular flexibility index (Phi) is 41.6. The van der Waals surface area contributed by atoms with Crippen LogP contribution in [0.3, 0.4) is 0 Å². The lowest BCUT2D eigenvalue weighted by Crippen LogP contribution is -2.46. The van der Waals surface area contributed by atoms with Crippen molar-refractivity contribution in [3.05, 3.63) is 12.2 Å². The molecule has 0 bridgehead atoms. The number of amides is 1. The maximum atomic E-state index is 13.1. The summed E-state index contributed by atoms with van der Waals surface area (Å²) in [5.74, 6) is -0.468. The summed E-state index contributed by atoms with van der Waals surface area (Å²) in [6, 6.07) is -0.693. The molecule has 0 aromatic rings. The van der Waals surface area contributed by atoms with Crippen LogP contribution < -0.4 is 5.32 Å². The fourth-order valence-corrected chi connectivity index (χ4v) is 7.43. The van der Waals surface area contributed by atoms with E-state index >= 15 is 0 Å². The first-order valence-corrected chi connectivity index (χ1v) is 23.9. The van der Waals surface area contributed by atoms with Gasteiger partial charge in [0, 0.05) is 6.42 Å². The van der Waals surface area contributed by atoms with Gasteiger partial charge in [0.25, 0.3) is 0 Å². The maximum Gasteiger partial charge on any atom is 0.306 e. The Morgan fingerprint density at radius 1 is 0.519 bits per heavy atom. The molecule has 0 aromatic carbocycles. The first-order chi connectivity index (χ1) is 26.5. The summed E-state index contributed by atoms with van der Waals surface area (Å²) >= 11 is 0. The number of aliphatic hydroxyl groups is 2. The van der Waals surface area contributed by atoms with Gasteiger partial charge in [-0.05, 0) is 51.4 Å². The van der Waals surface area contributed by atoms with Crippen molar-refractivity contribution < 1.29 is 24.5 Å². The molecule has 3 atom stereocenters. The van der Waals surface area contributed by atoms with E-state index in [4.69, 9.17) is 4.74 Å². The van der Waals surface area contributed by atoms with Crippen LogP contribution in [-0.2, 0) is 14.3 Å². The second kappa shape index (κ2) is 42.7. The monoisotopic (exact) mass is 764 g/mol. The van der Waals surface area contributed by atoms with E-state index in [9.17, 15) is 19.8 Å². The maximum absolute atomic E-state index is 13.1. The lowest BCUT2D eigenvalue weighted by Gasteiger charge is -2.24. The minimum atomic E-state index is -0.780. The molecule has 0 fully saturated rings. The molecule has 0 spiro atoms. The van der Waals surface area contributed by atoms with E-state index in [0.29, 0.717) is 19.3 Å². The van der Waals surface area contributed by atoms with Gasteiger partial charge in [-0.2, -0.15) is 0 Å². The number of unbranched alkanes of at least 4 members (excludes halogenated alkanes) is 29. The van der Waals surface area contributed by atoms with Crippen molar-refractivity contribution in [1.82, 2.24) is 5.32 Å². The third-order valence-electron chi connectivity index (χ3n) is 11.1. The fraction of sp³-hybridized carbons (Fsp3) is 0.917. The van der Waals surface area contributed by atoms with Gasteiger partial charge >= 0.3 is 5.97 Å². The Morgan fingerprint density at radius 2 is 0.889 bits per heavy atom. The lowest BCUT2D eigenvalue weighted by molar-refractivity contribution is -0.151. The molecule has 0 radical (unpaired) electrons. The van der Waals surface area contributed by atoms with Gasteiger partial charge in [0.1, 0.15) is 6.10 Å². The quantitative estimate of drug-likeness (QED) is 0.0326. The number of esters is 1. The molecule has 0 aliphatic carbocycles. The number of aliphatic hydroxyl groups excluding tert-OH is 2. The van der Waals surface area contributed by atoms with E-state index in [0.717, 1.165) is 44.9 Å². The van der Waals surface area contributed by atoms with Crippen LogP contribution in [0.5, 0.6) is 0 Å². The van der Waals surface area contributed by atoms with Crippen LogP contribution in [0, 0.1) is 0 Å². The van der Waals surface area contributed by atoms with Gasteiger partial charge in [0.15, 0.2) is 0 Å². The van der Waals surface area contributed by atoms with Gasteiger partial charge < -0.3 is 20.3 Å². The molecule has 6 heteroatoms. The molecule has 0 rings (SSSR count). The molecule has 0 aliphatic heterocycles. The molecule has 0 aliphatic rings. The second-order valence-corrected chi connectivity index (χ2v) is 16.5. The number of carbonyl (C=O) groups excluding carboxylic acids is 2. The molecule has 0 heterocycles. The van der Waals surface area contributed by atoms with Gasteiger partial charge in [-0.15, -0.1) is 0 Å². The summed E-state index contributed by atoms with van der Waals surface area (Å²) in [4.78, 5) is 26.0. The summed E-state index contributed by atoms with van der Waals surface area (Å²) in [6.45, 7) is 6.45. The number of hydrogen-bond acceptors (Lipinski definition) is 5. The molecule has 0 saturated carbocycles. The molecule has 0 aromatic heterocycles. The average Bonchev–Trinajstić information content (AvgIpc) is 3.16. The number of nitrogens with one attached hydrogen (secondary N) is 1. The minimum Gasteiger partial charge on any atom is -0.462 e. The van der Waals surface area contributed by atoms with Gasteiger partial charge in [0.05, 0.1) is 25.2 Å². The summed E-state index contributed by atoms with van der Waals surface area (Å²) in [7, 11) is 0. The minimum absolute atomic E-state index is 0.0821. The van der Waals surface area contributed by atoms with Crippen molar-refractivity contribution >= 4 is 11.9 Å². The third kappa shape index (κ3) is 37.5. The molecule has 6 nitrogen and oxygen atoms in total. The molecule has 1 amide bonds. The Labute approximate surface area is 336 Å². The van der Waals surface area contributed by atoms with Crippen molar-refractivity contribution in [3.63, 3.8) is 0 Å². The molecule has 3 unspecified atom stereocenters. The highest BCUT2D eigenvalue weighted by Gasteiger charge is 2.24. The molecular weight excluding hydrogens is 671 g/mol. The Balaban J connectivity index is 4.52. The molecule has 54 heavy (non-hydrogen) atoms.